The Morgan fingerprint density at radius 3 is 1.74 bits per heavy atom. The van der Waals surface area contributed by atoms with Gasteiger partial charge >= 0.3 is 0 Å². The predicted octanol–water partition coefficient (Wildman–Crippen LogP) is 2.43. The van der Waals surface area contributed by atoms with E-state index in [2.05, 4.69) is 4.99 Å². The molecule has 0 bridgehead atoms. The van der Waals surface area contributed by atoms with Crippen molar-refractivity contribution < 1.29 is 4.79 Å². The van der Waals surface area contributed by atoms with Crippen LogP contribution in [-0.2, 0) is 10.3 Å². The van der Waals surface area contributed by atoms with Gasteiger partial charge in [-0.05, 0) is 11.1 Å². The SMILES string of the molecule is CN1C=NC(=O)C1(c1ccccc1)c1ccccc1. The monoisotopic (exact) mass is 250 g/mol. The van der Waals surface area contributed by atoms with Gasteiger partial charge in [-0.3, -0.25) is 4.79 Å². The van der Waals surface area contributed by atoms with Crippen LogP contribution in [0.25, 0.3) is 0 Å². The van der Waals surface area contributed by atoms with E-state index >= 15 is 0 Å². The molecule has 3 rings (SSSR count). The van der Waals surface area contributed by atoms with E-state index in [1.165, 1.54) is 0 Å². The summed E-state index contributed by atoms with van der Waals surface area (Å²) < 4.78 is 0. The molecule has 19 heavy (non-hydrogen) atoms. The zero-order valence-electron chi connectivity index (χ0n) is 10.7. The van der Waals surface area contributed by atoms with Crippen molar-refractivity contribution in [2.45, 2.75) is 5.54 Å². The summed E-state index contributed by atoms with van der Waals surface area (Å²) in [6.07, 6.45) is 1.60. The van der Waals surface area contributed by atoms with Crippen LogP contribution in [0.1, 0.15) is 11.1 Å². The lowest BCUT2D eigenvalue weighted by Crippen LogP contribution is -2.45. The minimum atomic E-state index is -0.831. The summed E-state index contributed by atoms with van der Waals surface area (Å²) in [5, 5.41) is 0. The third-order valence-corrected chi connectivity index (χ3v) is 3.57. The van der Waals surface area contributed by atoms with Gasteiger partial charge in [-0.15, -0.1) is 0 Å². The first-order valence-corrected chi connectivity index (χ1v) is 6.19. The molecule has 1 amide bonds. The van der Waals surface area contributed by atoms with Crippen LogP contribution in [0.15, 0.2) is 65.7 Å². The molecule has 0 unspecified atom stereocenters. The second-order valence-electron chi connectivity index (χ2n) is 4.60. The van der Waals surface area contributed by atoms with Crippen molar-refractivity contribution in [2.75, 3.05) is 7.05 Å². The maximum absolute atomic E-state index is 12.5. The Labute approximate surface area is 112 Å². The van der Waals surface area contributed by atoms with E-state index in [-0.39, 0.29) is 5.91 Å². The molecule has 94 valence electrons. The quantitative estimate of drug-likeness (QED) is 0.820. The average molecular weight is 250 g/mol. The molecule has 0 atom stereocenters. The van der Waals surface area contributed by atoms with Crippen molar-refractivity contribution in [3.05, 3.63) is 71.8 Å². The molecule has 1 heterocycles. The highest BCUT2D eigenvalue weighted by Gasteiger charge is 2.48. The van der Waals surface area contributed by atoms with Crippen LogP contribution in [-0.4, -0.2) is 24.2 Å². The Morgan fingerprint density at radius 1 is 0.895 bits per heavy atom. The maximum Gasteiger partial charge on any atom is 0.282 e. The van der Waals surface area contributed by atoms with E-state index in [0.717, 1.165) is 11.1 Å². The van der Waals surface area contributed by atoms with E-state index in [9.17, 15) is 4.79 Å². The summed E-state index contributed by atoms with van der Waals surface area (Å²) in [6.45, 7) is 0. The number of nitrogens with zero attached hydrogens (tertiary/aromatic N) is 2. The number of rotatable bonds is 2. The molecule has 0 saturated heterocycles. The van der Waals surface area contributed by atoms with Gasteiger partial charge in [0.05, 0.1) is 6.34 Å². The number of carbonyl (C=O) groups excluding carboxylic acids is 1. The van der Waals surface area contributed by atoms with Gasteiger partial charge in [0.25, 0.3) is 5.91 Å². The lowest BCUT2D eigenvalue weighted by molar-refractivity contribution is -0.123. The Kier molecular flexibility index (Phi) is 2.67. The standard InChI is InChI=1S/C16H14N2O/c1-18-12-17-15(19)16(18,13-8-4-2-5-9-13)14-10-6-3-7-11-14/h2-12H,1H3. The fraction of sp³-hybridized carbons (Fsp3) is 0.125. The number of aliphatic imine (C=N–C) groups is 1. The smallest absolute Gasteiger partial charge is 0.282 e. The van der Waals surface area contributed by atoms with Gasteiger partial charge in [-0.25, -0.2) is 4.99 Å². The highest BCUT2D eigenvalue weighted by molar-refractivity contribution is 6.02. The Balaban J connectivity index is 2.26. The van der Waals surface area contributed by atoms with Crippen LogP contribution in [0.2, 0.25) is 0 Å². The van der Waals surface area contributed by atoms with Crippen molar-refractivity contribution in [2.24, 2.45) is 4.99 Å². The molecule has 0 spiro atoms. The third kappa shape index (κ3) is 1.58. The molecule has 0 aliphatic carbocycles. The van der Waals surface area contributed by atoms with Crippen LogP contribution < -0.4 is 0 Å². The first-order chi connectivity index (χ1) is 9.26. The topological polar surface area (TPSA) is 32.7 Å². The van der Waals surface area contributed by atoms with Crippen LogP contribution >= 0.6 is 0 Å². The minimum Gasteiger partial charge on any atom is -0.344 e. The first-order valence-electron chi connectivity index (χ1n) is 6.19. The zero-order valence-corrected chi connectivity index (χ0v) is 10.7. The molecule has 3 nitrogen and oxygen atoms in total. The van der Waals surface area contributed by atoms with Gasteiger partial charge in [0.2, 0.25) is 0 Å². The van der Waals surface area contributed by atoms with E-state index in [1.807, 2.05) is 72.6 Å². The van der Waals surface area contributed by atoms with Gasteiger partial charge in [-0.2, -0.15) is 0 Å². The number of benzene rings is 2. The summed E-state index contributed by atoms with van der Waals surface area (Å²) in [4.78, 5) is 18.3. The van der Waals surface area contributed by atoms with Crippen molar-refractivity contribution >= 4 is 12.2 Å². The normalized spacial score (nSPS) is 16.9. The molecule has 2 aromatic rings. The largest absolute Gasteiger partial charge is 0.344 e. The van der Waals surface area contributed by atoms with Crippen LogP contribution in [0.3, 0.4) is 0 Å². The van der Waals surface area contributed by atoms with Crippen LogP contribution in [0, 0.1) is 0 Å². The average Bonchev–Trinajstić information content (AvgIpc) is 2.77. The van der Waals surface area contributed by atoms with Gasteiger partial charge in [0, 0.05) is 7.05 Å². The highest BCUT2D eigenvalue weighted by Crippen LogP contribution is 2.38. The number of carbonyl (C=O) groups is 1. The Hall–Kier alpha value is -2.42. The second-order valence-corrected chi connectivity index (χ2v) is 4.60. The third-order valence-electron chi connectivity index (χ3n) is 3.57. The number of hydrogen-bond acceptors (Lipinski definition) is 2. The number of likely N-dealkylation sites (N-methyl/N-ethyl adjacent to an activating group) is 1. The summed E-state index contributed by atoms with van der Waals surface area (Å²) in [6, 6.07) is 19.5. The molecular weight excluding hydrogens is 236 g/mol. The van der Waals surface area contributed by atoms with Gasteiger partial charge < -0.3 is 4.90 Å². The molecule has 0 radical (unpaired) electrons. The molecule has 0 saturated carbocycles. The molecule has 1 aliphatic rings. The fourth-order valence-electron chi connectivity index (χ4n) is 2.65. The van der Waals surface area contributed by atoms with Crippen LogP contribution in [0.4, 0.5) is 0 Å². The molecule has 0 aromatic heterocycles. The number of hydrogen-bond donors (Lipinski definition) is 0. The van der Waals surface area contributed by atoms with E-state index in [4.69, 9.17) is 0 Å². The molecule has 1 aliphatic heterocycles. The summed E-state index contributed by atoms with van der Waals surface area (Å²) in [7, 11) is 1.88. The number of amides is 1. The van der Waals surface area contributed by atoms with Crippen LogP contribution in [0.5, 0.6) is 0 Å². The van der Waals surface area contributed by atoms with Crippen molar-refractivity contribution in [1.29, 1.82) is 0 Å². The fourth-order valence-corrected chi connectivity index (χ4v) is 2.65. The van der Waals surface area contributed by atoms with Crippen molar-refractivity contribution in [3.8, 4) is 0 Å². The van der Waals surface area contributed by atoms with Gasteiger partial charge in [-0.1, -0.05) is 60.7 Å². The zero-order chi connectivity index (χ0) is 13.3. The molecule has 0 N–H and O–H groups in total. The van der Waals surface area contributed by atoms with Crippen molar-refractivity contribution in [3.63, 3.8) is 0 Å². The minimum absolute atomic E-state index is 0.146. The molecule has 3 heteroatoms. The highest BCUT2D eigenvalue weighted by atomic mass is 16.2. The molecule has 0 fully saturated rings. The van der Waals surface area contributed by atoms with E-state index in [0.29, 0.717) is 0 Å². The van der Waals surface area contributed by atoms with Gasteiger partial charge in [0.15, 0.2) is 5.54 Å². The second kappa shape index (κ2) is 4.35. The Bertz CT molecular complexity index is 580. The Morgan fingerprint density at radius 2 is 1.37 bits per heavy atom. The summed E-state index contributed by atoms with van der Waals surface area (Å²) in [5.41, 5.74) is 1.04. The summed E-state index contributed by atoms with van der Waals surface area (Å²) >= 11 is 0. The van der Waals surface area contributed by atoms with E-state index < -0.39 is 5.54 Å². The summed E-state index contributed by atoms with van der Waals surface area (Å²) in [5.74, 6) is -0.146. The predicted molar refractivity (Wildman–Crippen MR) is 74.9 cm³/mol. The van der Waals surface area contributed by atoms with Gasteiger partial charge in [0.1, 0.15) is 0 Å². The molecular formula is C16H14N2O. The van der Waals surface area contributed by atoms with E-state index in [1.54, 1.807) is 6.34 Å². The lowest BCUT2D eigenvalue weighted by Gasteiger charge is -2.34. The first kappa shape index (κ1) is 11.7. The molecule has 2 aromatic carbocycles. The maximum atomic E-state index is 12.5. The van der Waals surface area contributed by atoms with Crippen molar-refractivity contribution in [1.82, 2.24) is 4.90 Å². The lowest BCUT2D eigenvalue weighted by atomic mass is 9.81.